The molecule has 0 atom stereocenters. The molecule has 0 spiro atoms. The summed E-state index contributed by atoms with van der Waals surface area (Å²) in [5.41, 5.74) is 7.66. The summed E-state index contributed by atoms with van der Waals surface area (Å²) >= 11 is 0. The molecular formula is C18H28N4O. The van der Waals surface area contributed by atoms with E-state index in [1.807, 2.05) is 0 Å². The molecule has 1 aromatic carbocycles. The molecule has 1 saturated heterocycles. The van der Waals surface area contributed by atoms with Crippen molar-refractivity contribution in [2.75, 3.05) is 26.2 Å². The van der Waals surface area contributed by atoms with Crippen LogP contribution in [0.25, 0.3) is 10.9 Å². The maximum Gasteiger partial charge on any atom is 0.314 e. The van der Waals surface area contributed by atoms with Crippen LogP contribution in [-0.2, 0) is 6.42 Å². The van der Waals surface area contributed by atoms with Gasteiger partial charge in [-0.25, -0.2) is 4.79 Å². The normalized spacial score (nSPS) is 14.4. The van der Waals surface area contributed by atoms with Crippen LogP contribution in [0.15, 0.2) is 30.3 Å². The number of aryl methyl sites for hydroxylation is 1. The van der Waals surface area contributed by atoms with Gasteiger partial charge in [0, 0.05) is 37.4 Å². The molecule has 1 aliphatic rings. The zero-order valence-corrected chi connectivity index (χ0v) is 14.0. The molecule has 0 bridgehead atoms. The van der Waals surface area contributed by atoms with Crippen molar-refractivity contribution < 1.29 is 4.79 Å². The molecule has 5 nitrogen and oxygen atoms in total. The van der Waals surface area contributed by atoms with Crippen molar-refractivity contribution in [3.05, 3.63) is 36.0 Å². The monoisotopic (exact) mass is 316 g/mol. The van der Waals surface area contributed by atoms with E-state index in [1.165, 1.54) is 42.3 Å². The number of benzene rings is 1. The number of aromatic nitrogens is 1. The van der Waals surface area contributed by atoms with Crippen molar-refractivity contribution in [1.29, 1.82) is 0 Å². The molecule has 5 heteroatoms. The van der Waals surface area contributed by atoms with Crippen LogP contribution in [0.3, 0.4) is 0 Å². The van der Waals surface area contributed by atoms with E-state index in [4.69, 9.17) is 5.73 Å². The van der Waals surface area contributed by atoms with Gasteiger partial charge < -0.3 is 20.9 Å². The summed E-state index contributed by atoms with van der Waals surface area (Å²) in [6, 6.07) is 10.4. The van der Waals surface area contributed by atoms with E-state index in [9.17, 15) is 4.79 Å². The summed E-state index contributed by atoms with van der Waals surface area (Å²) in [5, 5.41) is 4.45. The quantitative estimate of drug-likeness (QED) is 0.759. The lowest BCUT2D eigenvalue weighted by Gasteiger charge is -2.25. The van der Waals surface area contributed by atoms with Crippen LogP contribution < -0.4 is 11.1 Å². The smallest absolute Gasteiger partial charge is 0.314 e. The molecule has 0 aliphatic carbocycles. The Morgan fingerprint density at radius 2 is 1.96 bits per heavy atom. The zero-order chi connectivity index (χ0) is 16.5. The highest BCUT2D eigenvalue weighted by Gasteiger charge is 2.11. The lowest BCUT2D eigenvalue weighted by Crippen LogP contribution is -2.48. The number of nitrogens with zero attached hydrogens (tertiary/aromatic N) is 1. The number of unbranched alkanes of at least 4 members (excludes halogenated alkanes) is 2. The Labute approximate surface area is 138 Å². The van der Waals surface area contributed by atoms with Gasteiger partial charge in [0.2, 0.25) is 0 Å². The number of amides is 2. The second-order valence-corrected chi connectivity index (χ2v) is 5.91. The van der Waals surface area contributed by atoms with E-state index in [-0.39, 0.29) is 6.03 Å². The number of primary amides is 1. The standard InChI is InChI=1S/C13H17N.C5H11N3O/c1-2-3-4-8-12-10-11-7-5-6-9-13(11)14-12;6-5(9)8-3-1-7-2-4-8/h5-7,9-10,14H,2-4,8H2,1H3;7H,1-4H2,(H2,6,9). The molecule has 1 aliphatic heterocycles. The lowest BCUT2D eigenvalue weighted by molar-refractivity contribution is 0.200. The molecule has 0 saturated carbocycles. The Hall–Kier alpha value is -2.01. The van der Waals surface area contributed by atoms with Crippen molar-refractivity contribution in [3.8, 4) is 0 Å². The van der Waals surface area contributed by atoms with Crippen LogP contribution in [0.5, 0.6) is 0 Å². The Morgan fingerprint density at radius 3 is 2.57 bits per heavy atom. The SMILES string of the molecule is CCCCCc1cc2ccccc2[nH]1.NC(=O)N1CCNCC1. The highest BCUT2D eigenvalue weighted by atomic mass is 16.2. The van der Waals surface area contributed by atoms with Crippen molar-refractivity contribution in [3.63, 3.8) is 0 Å². The molecule has 2 aromatic rings. The van der Waals surface area contributed by atoms with Gasteiger partial charge in [-0.15, -0.1) is 0 Å². The van der Waals surface area contributed by atoms with Gasteiger partial charge in [0.25, 0.3) is 0 Å². The number of carbonyl (C=O) groups excluding carboxylic acids is 1. The Bertz CT molecular complexity index is 569. The highest BCUT2D eigenvalue weighted by Crippen LogP contribution is 2.16. The molecule has 126 valence electrons. The molecule has 2 heterocycles. The maximum absolute atomic E-state index is 10.5. The number of rotatable bonds is 4. The predicted octanol–water partition coefficient (Wildman–Crippen LogP) is 2.87. The molecule has 0 radical (unpaired) electrons. The van der Waals surface area contributed by atoms with E-state index in [1.54, 1.807) is 4.90 Å². The summed E-state index contributed by atoms with van der Waals surface area (Å²) < 4.78 is 0. The zero-order valence-electron chi connectivity index (χ0n) is 14.0. The number of H-pyrrole nitrogens is 1. The molecule has 1 fully saturated rings. The number of fused-ring (bicyclic) bond motifs is 1. The number of hydrogen-bond donors (Lipinski definition) is 3. The first-order valence-corrected chi connectivity index (χ1v) is 8.52. The average Bonchev–Trinajstić information content (AvgIpc) is 2.99. The van der Waals surface area contributed by atoms with Crippen molar-refractivity contribution in [1.82, 2.24) is 15.2 Å². The molecule has 23 heavy (non-hydrogen) atoms. The minimum Gasteiger partial charge on any atom is -0.358 e. The molecule has 2 amide bonds. The Kier molecular flexibility index (Phi) is 6.94. The second kappa shape index (κ2) is 9.20. The first kappa shape index (κ1) is 17.3. The summed E-state index contributed by atoms with van der Waals surface area (Å²) in [7, 11) is 0. The van der Waals surface area contributed by atoms with E-state index >= 15 is 0 Å². The first-order chi connectivity index (χ1) is 11.2. The Morgan fingerprint density at radius 1 is 1.22 bits per heavy atom. The second-order valence-electron chi connectivity index (χ2n) is 5.91. The average molecular weight is 316 g/mol. The number of piperazine rings is 1. The number of carbonyl (C=O) groups is 1. The van der Waals surface area contributed by atoms with Crippen LogP contribution in [0.1, 0.15) is 31.9 Å². The molecule has 1 aromatic heterocycles. The number of urea groups is 1. The summed E-state index contributed by atoms with van der Waals surface area (Å²) in [6.45, 7) is 5.46. The number of nitrogens with one attached hydrogen (secondary N) is 2. The molecule has 4 N–H and O–H groups in total. The van der Waals surface area contributed by atoms with Gasteiger partial charge >= 0.3 is 6.03 Å². The number of nitrogens with two attached hydrogens (primary N) is 1. The van der Waals surface area contributed by atoms with Gasteiger partial charge in [-0.2, -0.15) is 0 Å². The number of para-hydroxylation sites is 1. The summed E-state index contributed by atoms with van der Waals surface area (Å²) in [6.07, 6.45) is 5.10. The van der Waals surface area contributed by atoms with Gasteiger partial charge in [0.1, 0.15) is 0 Å². The van der Waals surface area contributed by atoms with Crippen LogP contribution >= 0.6 is 0 Å². The van der Waals surface area contributed by atoms with Gasteiger partial charge in [0.15, 0.2) is 0 Å². The number of aromatic amines is 1. The predicted molar refractivity (Wildman–Crippen MR) is 95.6 cm³/mol. The third kappa shape index (κ3) is 5.60. The first-order valence-electron chi connectivity index (χ1n) is 8.52. The lowest BCUT2D eigenvalue weighted by atomic mass is 10.1. The van der Waals surface area contributed by atoms with Crippen molar-refractivity contribution in [2.45, 2.75) is 32.6 Å². The van der Waals surface area contributed by atoms with E-state index < -0.39 is 0 Å². The third-order valence-electron chi connectivity index (χ3n) is 4.06. The van der Waals surface area contributed by atoms with Crippen LogP contribution in [-0.4, -0.2) is 42.1 Å². The molecule has 3 rings (SSSR count). The minimum atomic E-state index is -0.309. The van der Waals surface area contributed by atoms with Crippen molar-refractivity contribution in [2.24, 2.45) is 5.73 Å². The fourth-order valence-corrected chi connectivity index (χ4v) is 2.72. The van der Waals surface area contributed by atoms with Crippen LogP contribution in [0.2, 0.25) is 0 Å². The van der Waals surface area contributed by atoms with E-state index in [2.05, 4.69) is 47.6 Å². The van der Waals surface area contributed by atoms with Gasteiger partial charge in [0.05, 0.1) is 0 Å². The summed E-state index contributed by atoms with van der Waals surface area (Å²) in [4.78, 5) is 15.6. The highest BCUT2D eigenvalue weighted by molar-refractivity contribution is 5.80. The fraction of sp³-hybridized carbons (Fsp3) is 0.500. The van der Waals surface area contributed by atoms with Crippen LogP contribution in [0, 0.1) is 0 Å². The molecular weight excluding hydrogens is 288 g/mol. The van der Waals surface area contributed by atoms with Crippen LogP contribution in [0.4, 0.5) is 4.79 Å². The largest absolute Gasteiger partial charge is 0.358 e. The van der Waals surface area contributed by atoms with Gasteiger partial charge in [-0.05, 0) is 30.4 Å². The third-order valence-corrected chi connectivity index (χ3v) is 4.06. The number of hydrogen-bond acceptors (Lipinski definition) is 2. The van der Waals surface area contributed by atoms with Gasteiger partial charge in [-0.1, -0.05) is 38.0 Å². The minimum absolute atomic E-state index is 0.309. The van der Waals surface area contributed by atoms with Gasteiger partial charge in [-0.3, -0.25) is 0 Å². The van der Waals surface area contributed by atoms with E-state index in [0.717, 1.165) is 26.2 Å². The summed E-state index contributed by atoms with van der Waals surface area (Å²) in [5.74, 6) is 0. The van der Waals surface area contributed by atoms with Crippen molar-refractivity contribution >= 4 is 16.9 Å². The Balaban J connectivity index is 0.000000185. The maximum atomic E-state index is 10.5. The fourth-order valence-electron chi connectivity index (χ4n) is 2.72. The van der Waals surface area contributed by atoms with E-state index in [0.29, 0.717) is 0 Å². The topological polar surface area (TPSA) is 74.2 Å². The molecule has 0 unspecified atom stereocenters.